The highest BCUT2D eigenvalue weighted by molar-refractivity contribution is 5.18. The third-order valence-corrected chi connectivity index (χ3v) is 0.611. The van der Waals surface area contributed by atoms with Crippen LogP contribution in [0.1, 0.15) is 6.42 Å². The number of nitriles is 1. The minimum Gasteiger partial charge on any atom is -0.216 e. The van der Waals surface area contributed by atoms with E-state index >= 15 is 0 Å². The molecule has 0 aliphatic heterocycles. The molecule has 0 saturated carbocycles. The summed E-state index contributed by atoms with van der Waals surface area (Å²) in [6.07, 6.45) is 1.96. The first-order valence-corrected chi connectivity index (χ1v) is 2.14. The minimum atomic E-state index is 0.312. The fraction of sp³-hybridized carbons (Fsp3) is 0.167. The fourth-order valence-corrected chi connectivity index (χ4v) is 0.232. The van der Waals surface area contributed by atoms with Crippen molar-refractivity contribution in [1.29, 1.82) is 5.26 Å². The lowest BCUT2D eigenvalue weighted by Crippen LogP contribution is -1.67. The molecular formula is C6H6FN. The summed E-state index contributed by atoms with van der Waals surface area (Å²) in [7, 11) is 0. The monoisotopic (exact) mass is 111 g/mol. The van der Waals surface area contributed by atoms with Crippen LogP contribution >= 0.6 is 0 Å². The Balaban J connectivity index is 3.44. The lowest BCUT2D eigenvalue weighted by molar-refractivity contribution is 0.716. The summed E-state index contributed by atoms with van der Waals surface area (Å²) in [5, 5.41) is 8.06. The first kappa shape index (κ1) is 6.90. The second kappa shape index (κ2) is 4.07. The van der Waals surface area contributed by atoms with Crippen molar-refractivity contribution in [3.63, 3.8) is 0 Å². The summed E-state index contributed by atoms with van der Waals surface area (Å²) in [6.45, 7) is 3.33. The Morgan fingerprint density at radius 2 is 2.50 bits per heavy atom. The van der Waals surface area contributed by atoms with E-state index in [1.807, 2.05) is 0 Å². The lowest BCUT2D eigenvalue weighted by Gasteiger charge is -1.80. The van der Waals surface area contributed by atoms with Crippen molar-refractivity contribution in [3.8, 4) is 6.07 Å². The normalized spacial score (nSPS) is 9.00. The summed E-state index contributed by atoms with van der Waals surface area (Å²) in [5.74, 6) is 0. The second-order valence-corrected chi connectivity index (χ2v) is 1.28. The predicted molar refractivity (Wildman–Crippen MR) is 29.6 cm³/mol. The average Bonchev–Trinajstić information content (AvgIpc) is 1.83. The number of hydrogen-bond acceptors (Lipinski definition) is 1. The summed E-state index contributed by atoms with van der Waals surface area (Å²) >= 11 is 0. The Hall–Kier alpha value is -1.10. The summed E-state index contributed by atoms with van der Waals surface area (Å²) in [4.78, 5) is 0. The molecule has 0 bridgehead atoms. The van der Waals surface area contributed by atoms with E-state index in [0.29, 0.717) is 18.3 Å². The van der Waals surface area contributed by atoms with Crippen molar-refractivity contribution in [2.75, 3.05) is 0 Å². The van der Waals surface area contributed by atoms with Crippen molar-refractivity contribution in [1.82, 2.24) is 0 Å². The molecule has 0 spiro atoms. The quantitative estimate of drug-likeness (QED) is 0.499. The van der Waals surface area contributed by atoms with Gasteiger partial charge in [-0.3, -0.25) is 0 Å². The van der Waals surface area contributed by atoms with Crippen LogP contribution in [-0.2, 0) is 0 Å². The average molecular weight is 111 g/mol. The Kier molecular flexibility index (Phi) is 3.51. The fourth-order valence-electron chi connectivity index (χ4n) is 0.232. The van der Waals surface area contributed by atoms with E-state index in [1.54, 1.807) is 6.07 Å². The van der Waals surface area contributed by atoms with Gasteiger partial charge in [-0.15, -0.1) is 0 Å². The van der Waals surface area contributed by atoms with Gasteiger partial charge in [-0.25, -0.2) is 4.39 Å². The zero-order valence-electron chi connectivity index (χ0n) is 4.39. The van der Waals surface area contributed by atoms with E-state index < -0.39 is 0 Å². The third kappa shape index (κ3) is 3.10. The highest BCUT2D eigenvalue weighted by atomic mass is 19.1. The van der Waals surface area contributed by atoms with Gasteiger partial charge < -0.3 is 0 Å². The maximum atomic E-state index is 11.2. The van der Waals surface area contributed by atoms with Gasteiger partial charge in [0.25, 0.3) is 0 Å². The maximum Gasteiger partial charge on any atom is 0.0944 e. The Bertz CT molecular complexity index is 141. The Labute approximate surface area is 47.7 Å². The van der Waals surface area contributed by atoms with E-state index in [0.717, 1.165) is 0 Å². The molecule has 0 unspecified atom stereocenters. The number of halogens is 1. The molecule has 0 saturated heterocycles. The predicted octanol–water partition coefficient (Wildman–Crippen LogP) is 1.94. The Morgan fingerprint density at radius 3 is 2.88 bits per heavy atom. The molecule has 0 aromatic carbocycles. The van der Waals surface area contributed by atoms with Crippen molar-refractivity contribution in [2.24, 2.45) is 0 Å². The van der Waals surface area contributed by atoms with Crippen molar-refractivity contribution >= 4 is 0 Å². The molecule has 8 heavy (non-hydrogen) atoms. The molecule has 0 N–H and O–H groups in total. The van der Waals surface area contributed by atoms with Gasteiger partial charge >= 0.3 is 0 Å². The van der Waals surface area contributed by atoms with Gasteiger partial charge in [0, 0.05) is 12.0 Å². The van der Waals surface area contributed by atoms with E-state index in [4.69, 9.17) is 5.26 Å². The van der Waals surface area contributed by atoms with Crippen LogP contribution in [-0.4, -0.2) is 0 Å². The third-order valence-electron chi connectivity index (χ3n) is 0.611. The summed E-state index contributed by atoms with van der Waals surface area (Å²) in [6, 6.07) is 1.79. The van der Waals surface area contributed by atoms with E-state index in [-0.39, 0.29) is 0 Å². The number of allylic oxidation sites excluding steroid dienone is 2. The second-order valence-electron chi connectivity index (χ2n) is 1.28. The van der Waals surface area contributed by atoms with Crippen LogP contribution in [0.25, 0.3) is 0 Å². The molecule has 2 heteroatoms. The summed E-state index contributed by atoms with van der Waals surface area (Å²) in [5.41, 5.74) is 0.374. The molecule has 0 aromatic heterocycles. The van der Waals surface area contributed by atoms with E-state index in [9.17, 15) is 4.39 Å². The molecule has 42 valence electrons. The first-order valence-electron chi connectivity index (χ1n) is 2.14. The number of nitrogens with zero attached hydrogens (tertiary/aromatic N) is 1. The van der Waals surface area contributed by atoms with Crippen molar-refractivity contribution in [2.45, 2.75) is 6.42 Å². The van der Waals surface area contributed by atoms with Gasteiger partial charge in [0.1, 0.15) is 0 Å². The lowest BCUT2D eigenvalue weighted by atomic mass is 10.2. The molecule has 1 nitrogen and oxygen atoms in total. The molecule has 0 rings (SSSR count). The smallest absolute Gasteiger partial charge is 0.0944 e. The van der Waals surface area contributed by atoms with Crippen molar-refractivity contribution < 1.29 is 4.39 Å². The highest BCUT2D eigenvalue weighted by Gasteiger charge is 1.82. The number of hydrogen-bond donors (Lipinski definition) is 0. The van der Waals surface area contributed by atoms with Crippen LogP contribution < -0.4 is 0 Å². The van der Waals surface area contributed by atoms with Crippen LogP contribution in [0.2, 0.25) is 0 Å². The molecule has 0 aliphatic rings. The standard InChI is InChI=1S/C6H6FN/c1-6(5-8)3-2-4-7/h2,4H,1,3H2/b4-2+. The van der Waals surface area contributed by atoms with Gasteiger partial charge in [0.05, 0.1) is 12.4 Å². The van der Waals surface area contributed by atoms with E-state index in [1.165, 1.54) is 6.08 Å². The van der Waals surface area contributed by atoms with Crippen LogP contribution in [0.3, 0.4) is 0 Å². The Morgan fingerprint density at radius 1 is 1.88 bits per heavy atom. The number of rotatable bonds is 2. The van der Waals surface area contributed by atoms with E-state index in [2.05, 4.69) is 6.58 Å². The van der Waals surface area contributed by atoms with Gasteiger partial charge in [0.15, 0.2) is 0 Å². The van der Waals surface area contributed by atoms with Gasteiger partial charge in [-0.1, -0.05) is 12.7 Å². The topological polar surface area (TPSA) is 23.8 Å². The molecule has 0 heterocycles. The molecule has 0 radical (unpaired) electrons. The first-order chi connectivity index (χ1) is 3.81. The molecule has 0 atom stereocenters. The van der Waals surface area contributed by atoms with Crippen LogP contribution in [0.4, 0.5) is 4.39 Å². The molecule has 0 aromatic rings. The van der Waals surface area contributed by atoms with Gasteiger partial charge in [0.2, 0.25) is 0 Å². The summed E-state index contributed by atoms with van der Waals surface area (Å²) < 4.78 is 11.2. The SMILES string of the molecule is C=C(C#N)C/C=C/F. The molecule has 0 fully saturated rings. The highest BCUT2D eigenvalue weighted by Crippen LogP contribution is 1.95. The molecule has 0 amide bonds. The minimum absolute atomic E-state index is 0.312. The zero-order valence-corrected chi connectivity index (χ0v) is 4.39. The van der Waals surface area contributed by atoms with Gasteiger partial charge in [-0.05, 0) is 0 Å². The maximum absolute atomic E-state index is 11.2. The van der Waals surface area contributed by atoms with Crippen molar-refractivity contribution in [3.05, 3.63) is 24.6 Å². The van der Waals surface area contributed by atoms with Gasteiger partial charge in [-0.2, -0.15) is 5.26 Å². The molecule has 0 aliphatic carbocycles. The van der Waals surface area contributed by atoms with Crippen LogP contribution in [0, 0.1) is 11.3 Å². The zero-order chi connectivity index (χ0) is 6.41. The van der Waals surface area contributed by atoms with Crippen LogP contribution in [0.5, 0.6) is 0 Å². The molecular weight excluding hydrogens is 105 g/mol. The van der Waals surface area contributed by atoms with Crippen LogP contribution in [0.15, 0.2) is 24.6 Å². The largest absolute Gasteiger partial charge is 0.216 e.